The van der Waals surface area contributed by atoms with E-state index < -0.39 is 11.9 Å². The van der Waals surface area contributed by atoms with Gasteiger partial charge in [0, 0.05) is 17.4 Å². The molecule has 0 aliphatic rings. The van der Waals surface area contributed by atoms with Gasteiger partial charge in [0.25, 0.3) is 0 Å². The number of aliphatic carboxylic acids is 1. The van der Waals surface area contributed by atoms with E-state index in [2.05, 4.69) is 5.32 Å². The molecule has 4 nitrogen and oxygen atoms in total. The lowest BCUT2D eigenvalue weighted by Crippen LogP contribution is -2.32. The monoisotopic (exact) mass is 316 g/mol. The predicted molar refractivity (Wildman–Crippen MR) is 77.7 cm³/mol. The first kappa shape index (κ1) is 16.8. The molecular formula is C14H16Cl2NO3-. The highest BCUT2D eigenvalue weighted by Crippen LogP contribution is 2.25. The van der Waals surface area contributed by atoms with Crippen molar-refractivity contribution in [2.24, 2.45) is 5.92 Å². The lowest BCUT2D eigenvalue weighted by atomic mass is 9.98. The predicted octanol–water partition coefficient (Wildman–Crippen LogP) is 2.88. The van der Waals surface area contributed by atoms with Crippen molar-refractivity contribution in [3.63, 3.8) is 0 Å². The molecule has 20 heavy (non-hydrogen) atoms. The highest BCUT2D eigenvalue weighted by atomic mass is 35.5. The molecule has 0 unspecified atom stereocenters. The summed E-state index contributed by atoms with van der Waals surface area (Å²) < 4.78 is 0. The largest absolute Gasteiger partial charge is 0.550 e. The van der Waals surface area contributed by atoms with Crippen molar-refractivity contribution in [1.29, 1.82) is 0 Å². The van der Waals surface area contributed by atoms with Gasteiger partial charge in [0.05, 0.1) is 10.7 Å². The van der Waals surface area contributed by atoms with Gasteiger partial charge in [-0.3, -0.25) is 4.79 Å². The van der Waals surface area contributed by atoms with E-state index in [1.165, 1.54) is 6.07 Å². The topological polar surface area (TPSA) is 69.2 Å². The van der Waals surface area contributed by atoms with Crippen LogP contribution in [0.1, 0.15) is 32.6 Å². The Bertz CT molecular complexity index is 491. The van der Waals surface area contributed by atoms with Crippen LogP contribution < -0.4 is 10.4 Å². The van der Waals surface area contributed by atoms with E-state index in [0.29, 0.717) is 22.2 Å². The summed E-state index contributed by atoms with van der Waals surface area (Å²) in [5.41, 5.74) is 0.460. The number of halogens is 2. The average Bonchev–Trinajstić information content (AvgIpc) is 2.37. The first-order valence-corrected chi connectivity index (χ1v) is 7.15. The highest BCUT2D eigenvalue weighted by molar-refractivity contribution is 6.36. The number of carboxylic acid groups (broad SMARTS) is 1. The third-order valence-electron chi connectivity index (χ3n) is 2.90. The highest BCUT2D eigenvalue weighted by Gasteiger charge is 2.12. The van der Waals surface area contributed by atoms with Crippen LogP contribution in [-0.4, -0.2) is 11.9 Å². The maximum atomic E-state index is 11.8. The van der Waals surface area contributed by atoms with Crippen LogP contribution in [0.3, 0.4) is 0 Å². The maximum absolute atomic E-state index is 11.8. The van der Waals surface area contributed by atoms with Gasteiger partial charge >= 0.3 is 0 Å². The van der Waals surface area contributed by atoms with Crippen molar-refractivity contribution in [2.45, 2.75) is 32.6 Å². The Morgan fingerprint density at radius 2 is 2.00 bits per heavy atom. The smallest absolute Gasteiger partial charge is 0.224 e. The SMILES string of the molecule is CCC[C@H](CCC(=O)Nc1ccc(Cl)cc1Cl)C(=O)[O-]. The third-order valence-corrected chi connectivity index (χ3v) is 3.44. The maximum Gasteiger partial charge on any atom is 0.224 e. The van der Waals surface area contributed by atoms with Crippen molar-refractivity contribution in [1.82, 2.24) is 0 Å². The molecule has 0 aromatic heterocycles. The molecule has 0 saturated carbocycles. The number of hydrogen-bond donors (Lipinski definition) is 1. The number of carboxylic acids is 1. The van der Waals surface area contributed by atoms with E-state index in [1.54, 1.807) is 12.1 Å². The zero-order valence-corrected chi connectivity index (χ0v) is 12.6. The Kier molecular flexibility index (Phi) is 6.82. The van der Waals surface area contributed by atoms with Crippen LogP contribution in [0, 0.1) is 5.92 Å². The molecule has 0 bridgehead atoms. The van der Waals surface area contributed by atoms with Gasteiger partial charge in [0.2, 0.25) is 5.91 Å². The summed E-state index contributed by atoms with van der Waals surface area (Å²) in [6, 6.07) is 4.74. The van der Waals surface area contributed by atoms with Crippen LogP contribution in [-0.2, 0) is 9.59 Å². The quantitative estimate of drug-likeness (QED) is 0.840. The number of benzene rings is 1. The summed E-state index contributed by atoms with van der Waals surface area (Å²) in [6.07, 6.45) is 1.62. The first-order valence-electron chi connectivity index (χ1n) is 6.39. The van der Waals surface area contributed by atoms with Gasteiger partial charge in [-0.1, -0.05) is 36.5 Å². The van der Waals surface area contributed by atoms with Gasteiger partial charge in [-0.25, -0.2) is 0 Å². The molecular weight excluding hydrogens is 301 g/mol. The Labute approximate surface area is 128 Å². The van der Waals surface area contributed by atoms with E-state index in [4.69, 9.17) is 23.2 Å². The zero-order valence-electron chi connectivity index (χ0n) is 11.1. The van der Waals surface area contributed by atoms with Crippen LogP contribution in [0.15, 0.2) is 18.2 Å². The van der Waals surface area contributed by atoms with Gasteiger partial charge in [0.15, 0.2) is 0 Å². The number of amides is 1. The molecule has 0 aliphatic carbocycles. The van der Waals surface area contributed by atoms with Gasteiger partial charge in [-0.2, -0.15) is 0 Å². The van der Waals surface area contributed by atoms with Crippen molar-refractivity contribution in [3.8, 4) is 0 Å². The lowest BCUT2D eigenvalue weighted by molar-refractivity contribution is -0.312. The third kappa shape index (κ3) is 5.39. The molecule has 1 aromatic carbocycles. The molecule has 1 aromatic rings. The Morgan fingerprint density at radius 3 is 2.55 bits per heavy atom. The average molecular weight is 317 g/mol. The minimum absolute atomic E-state index is 0.109. The van der Waals surface area contributed by atoms with Gasteiger partial charge in [-0.15, -0.1) is 0 Å². The minimum Gasteiger partial charge on any atom is -0.550 e. The second-order valence-electron chi connectivity index (χ2n) is 4.52. The van der Waals surface area contributed by atoms with E-state index in [-0.39, 0.29) is 18.7 Å². The molecule has 0 aliphatic heterocycles. The van der Waals surface area contributed by atoms with Crippen LogP contribution in [0.25, 0.3) is 0 Å². The van der Waals surface area contributed by atoms with E-state index in [0.717, 1.165) is 6.42 Å². The molecule has 0 fully saturated rings. The molecule has 110 valence electrons. The van der Waals surface area contributed by atoms with Crippen LogP contribution in [0.4, 0.5) is 5.69 Å². The second-order valence-corrected chi connectivity index (χ2v) is 5.36. The number of carbonyl (C=O) groups excluding carboxylic acids is 2. The number of anilines is 1. The molecule has 1 rings (SSSR count). The van der Waals surface area contributed by atoms with E-state index in [9.17, 15) is 14.7 Å². The molecule has 6 heteroatoms. The second kappa shape index (κ2) is 8.12. The van der Waals surface area contributed by atoms with Crippen molar-refractivity contribution >= 4 is 40.8 Å². The Hall–Kier alpha value is -1.26. The molecule has 1 atom stereocenters. The van der Waals surface area contributed by atoms with Crippen molar-refractivity contribution < 1.29 is 14.7 Å². The fourth-order valence-corrected chi connectivity index (χ4v) is 2.29. The van der Waals surface area contributed by atoms with Gasteiger partial charge < -0.3 is 15.2 Å². The van der Waals surface area contributed by atoms with Crippen LogP contribution in [0.2, 0.25) is 10.0 Å². The number of hydrogen-bond acceptors (Lipinski definition) is 3. The lowest BCUT2D eigenvalue weighted by Gasteiger charge is -2.16. The first-order chi connectivity index (χ1) is 9.43. The fourth-order valence-electron chi connectivity index (χ4n) is 1.84. The Morgan fingerprint density at radius 1 is 1.30 bits per heavy atom. The molecule has 0 radical (unpaired) electrons. The summed E-state index contributed by atoms with van der Waals surface area (Å²) in [6.45, 7) is 1.89. The molecule has 0 spiro atoms. The summed E-state index contributed by atoms with van der Waals surface area (Å²) in [5, 5.41) is 14.3. The number of rotatable bonds is 7. The molecule has 0 heterocycles. The summed E-state index contributed by atoms with van der Waals surface area (Å²) in [7, 11) is 0. The molecule has 1 N–H and O–H groups in total. The standard InChI is InChI=1S/C14H17Cl2NO3/c1-2-3-9(14(19)20)4-7-13(18)17-12-6-5-10(15)8-11(12)16/h5-6,8-9H,2-4,7H2,1H3,(H,17,18)(H,19,20)/p-1/t9-/m1/s1. The summed E-state index contributed by atoms with van der Waals surface area (Å²) >= 11 is 11.7. The van der Waals surface area contributed by atoms with Crippen molar-refractivity contribution in [2.75, 3.05) is 5.32 Å². The zero-order chi connectivity index (χ0) is 15.1. The number of nitrogens with one attached hydrogen (secondary N) is 1. The Balaban J connectivity index is 2.53. The summed E-state index contributed by atoms with van der Waals surface area (Å²) in [4.78, 5) is 22.6. The van der Waals surface area contributed by atoms with Crippen LogP contribution in [0.5, 0.6) is 0 Å². The van der Waals surface area contributed by atoms with E-state index in [1.807, 2.05) is 6.92 Å². The van der Waals surface area contributed by atoms with Gasteiger partial charge in [0.1, 0.15) is 0 Å². The molecule has 1 amide bonds. The number of carbonyl (C=O) groups is 2. The van der Waals surface area contributed by atoms with Crippen LogP contribution >= 0.6 is 23.2 Å². The van der Waals surface area contributed by atoms with Crippen molar-refractivity contribution in [3.05, 3.63) is 28.2 Å². The fraction of sp³-hybridized carbons (Fsp3) is 0.429. The summed E-state index contributed by atoms with van der Waals surface area (Å²) in [5.74, 6) is -1.98. The minimum atomic E-state index is -1.11. The normalized spacial score (nSPS) is 11.9. The van der Waals surface area contributed by atoms with Gasteiger partial charge in [-0.05, 0) is 37.0 Å². The van der Waals surface area contributed by atoms with E-state index >= 15 is 0 Å². The molecule has 0 saturated heterocycles.